The maximum atomic E-state index is 3.97. The molecule has 1 aliphatic heterocycles. The first-order valence-electron chi connectivity index (χ1n) is 7.84. The van der Waals surface area contributed by atoms with Crippen LogP contribution in [0.5, 0.6) is 0 Å². The summed E-state index contributed by atoms with van der Waals surface area (Å²) in [5.74, 6) is 0. The van der Waals surface area contributed by atoms with Crippen molar-refractivity contribution in [2.45, 2.75) is 52.4 Å². The lowest BCUT2D eigenvalue weighted by molar-refractivity contribution is -0.922. The van der Waals surface area contributed by atoms with E-state index in [9.17, 15) is 0 Å². The number of rotatable bonds is 8. The van der Waals surface area contributed by atoms with E-state index < -0.39 is 0 Å². The number of halogens is 1. The molecule has 20 heavy (non-hydrogen) atoms. The maximum Gasteiger partial charge on any atom is 0.100 e. The van der Waals surface area contributed by atoms with Crippen molar-refractivity contribution in [3.63, 3.8) is 0 Å². The monoisotopic (exact) mass is 341 g/mol. The van der Waals surface area contributed by atoms with Crippen molar-refractivity contribution < 1.29 is 21.5 Å². The molecular weight excluding hydrogens is 310 g/mol. The highest BCUT2D eigenvalue weighted by Gasteiger charge is 2.28. The molecule has 0 saturated carbocycles. The highest BCUT2D eigenvalue weighted by atomic mass is 79.9. The zero-order valence-electron chi connectivity index (χ0n) is 13.5. The zero-order chi connectivity index (χ0) is 14.1. The van der Waals surface area contributed by atoms with Crippen LogP contribution in [-0.2, 0) is 0 Å². The normalized spacial score (nSPS) is 18.2. The van der Waals surface area contributed by atoms with Crippen molar-refractivity contribution in [3.05, 3.63) is 36.5 Å². The molecule has 0 bridgehead atoms. The van der Waals surface area contributed by atoms with Crippen LogP contribution >= 0.6 is 0 Å². The van der Waals surface area contributed by atoms with Gasteiger partial charge < -0.3 is 21.5 Å². The summed E-state index contributed by atoms with van der Waals surface area (Å²) < 4.78 is 1.24. The molecule has 1 nitrogen and oxygen atoms in total. The zero-order valence-corrected chi connectivity index (χ0v) is 15.1. The summed E-state index contributed by atoms with van der Waals surface area (Å²) in [7, 11) is 0. The molecule has 1 fully saturated rings. The number of nitrogens with zero attached hydrogens (tertiary/aromatic N) is 1. The average Bonchev–Trinajstić information content (AvgIpc) is 2.36. The summed E-state index contributed by atoms with van der Waals surface area (Å²) in [6.45, 7) is 17.4. The maximum absolute atomic E-state index is 3.97. The van der Waals surface area contributed by atoms with Gasteiger partial charge in [-0.1, -0.05) is 18.2 Å². The van der Waals surface area contributed by atoms with Crippen molar-refractivity contribution in [1.82, 2.24) is 0 Å². The SMILES string of the molecule is C=CC[N+]1(CC(C)=CCCCC(=C)C)CCCCC1.[Br-]. The Morgan fingerprint density at radius 1 is 1.15 bits per heavy atom. The van der Waals surface area contributed by atoms with E-state index in [1.54, 1.807) is 5.57 Å². The van der Waals surface area contributed by atoms with Crippen LogP contribution in [0.15, 0.2) is 36.5 Å². The average molecular weight is 342 g/mol. The quantitative estimate of drug-likeness (QED) is 0.359. The highest BCUT2D eigenvalue weighted by molar-refractivity contribution is 4.99. The fourth-order valence-electron chi connectivity index (χ4n) is 3.21. The minimum absolute atomic E-state index is 0. The molecule has 0 aliphatic carbocycles. The number of likely N-dealkylation sites (tertiary alicyclic amines) is 1. The lowest BCUT2D eigenvalue weighted by Gasteiger charge is -2.41. The Labute approximate surface area is 136 Å². The van der Waals surface area contributed by atoms with Gasteiger partial charge in [0.1, 0.15) is 6.54 Å². The van der Waals surface area contributed by atoms with E-state index in [1.807, 2.05) is 0 Å². The third-order valence-corrected chi connectivity index (χ3v) is 4.17. The van der Waals surface area contributed by atoms with Gasteiger partial charge in [-0.3, -0.25) is 0 Å². The van der Waals surface area contributed by atoms with Crippen LogP contribution in [0.3, 0.4) is 0 Å². The van der Waals surface area contributed by atoms with Crippen molar-refractivity contribution in [2.24, 2.45) is 0 Å². The van der Waals surface area contributed by atoms with Crippen molar-refractivity contribution in [1.29, 1.82) is 0 Å². The Morgan fingerprint density at radius 2 is 1.80 bits per heavy atom. The summed E-state index contributed by atoms with van der Waals surface area (Å²) >= 11 is 0. The Hall–Kier alpha value is -0.340. The number of piperidine rings is 1. The van der Waals surface area contributed by atoms with Gasteiger partial charge in [-0.2, -0.15) is 0 Å². The van der Waals surface area contributed by atoms with Crippen LogP contribution in [0.2, 0.25) is 0 Å². The first-order chi connectivity index (χ1) is 9.08. The summed E-state index contributed by atoms with van der Waals surface area (Å²) in [5.41, 5.74) is 2.86. The van der Waals surface area contributed by atoms with E-state index in [0.717, 1.165) is 13.0 Å². The number of allylic oxidation sites excluding steroid dienone is 2. The largest absolute Gasteiger partial charge is 1.00 e. The van der Waals surface area contributed by atoms with Gasteiger partial charge in [-0.05, 0) is 64.0 Å². The van der Waals surface area contributed by atoms with Gasteiger partial charge in [0.05, 0.1) is 19.6 Å². The van der Waals surface area contributed by atoms with Gasteiger partial charge in [-0.15, -0.1) is 6.58 Å². The lowest BCUT2D eigenvalue weighted by Crippen LogP contribution is -3.00. The molecular formula is C18H32BrN. The summed E-state index contributed by atoms with van der Waals surface area (Å²) in [5, 5.41) is 0. The first kappa shape index (κ1) is 19.7. The van der Waals surface area contributed by atoms with E-state index in [1.165, 1.54) is 61.8 Å². The van der Waals surface area contributed by atoms with Crippen LogP contribution < -0.4 is 17.0 Å². The van der Waals surface area contributed by atoms with Crippen molar-refractivity contribution in [2.75, 3.05) is 26.2 Å². The van der Waals surface area contributed by atoms with E-state index in [-0.39, 0.29) is 17.0 Å². The molecule has 0 unspecified atom stereocenters. The Morgan fingerprint density at radius 3 is 2.35 bits per heavy atom. The lowest BCUT2D eigenvalue weighted by atomic mass is 10.0. The predicted molar refractivity (Wildman–Crippen MR) is 86.2 cm³/mol. The minimum atomic E-state index is 0. The Bertz CT molecular complexity index is 324. The van der Waals surface area contributed by atoms with E-state index in [0.29, 0.717) is 0 Å². The van der Waals surface area contributed by atoms with Gasteiger partial charge in [-0.25, -0.2) is 0 Å². The summed E-state index contributed by atoms with van der Waals surface area (Å²) in [6, 6.07) is 0. The topological polar surface area (TPSA) is 0 Å². The molecule has 1 rings (SSSR count). The second-order valence-electron chi connectivity index (χ2n) is 6.38. The molecule has 0 aromatic rings. The summed E-state index contributed by atoms with van der Waals surface area (Å²) in [4.78, 5) is 0. The van der Waals surface area contributed by atoms with Gasteiger partial charge >= 0.3 is 0 Å². The van der Waals surface area contributed by atoms with E-state index in [4.69, 9.17) is 0 Å². The Kier molecular flexibility index (Phi) is 10.2. The number of quaternary nitrogens is 1. The van der Waals surface area contributed by atoms with Crippen LogP contribution in [0.1, 0.15) is 52.4 Å². The molecule has 1 saturated heterocycles. The minimum Gasteiger partial charge on any atom is -1.00 e. The third-order valence-electron chi connectivity index (χ3n) is 4.17. The molecule has 0 aromatic carbocycles. The van der Waals surface area contributed by atoms with Crippen LogP contribution in [-0.4, -0.2) is 30.7 Å². The van der Waals surface area contributed by atoms with Crippen molar-refractivity contribution >= 4 is 0 Å². The second kappa shape index (κ2) is 10.4. The summed E-state index contributed by atoms with van der Waals surface area (Å²) in [6.07, 6.45) is 12.4. The van der Waals surface area contributed by atoms with Crippen LogP contribution in [0.4, 0.5) is 0 Å². The molecule has 2 heteroatoms. The third kappa shape index (κ3) is 7.44. The fourth-order valence-corrected chi connectivity index (χ4v) is 3.21. The molecule has 0 spiro atoms. The molecule has 1 heterocycles. The van der Waals surface area contributed by atoms with Gasteiger partial charge in [0, 0.05) is 0 Å². The standard InChI is InChI=1S/C18H32N.BrH/c1-5-13-19(14-9-6-10-15-19)16-18(4)12-8-7-11-17(2)3;/h5,12H,1-2,6-11,13-16H2,3-4H3;1H/q+1;/p-1. The fraction of sp³-hybridized carbons (Fsp3) is 0.667. The predicted octanol–water partition coefficient (Wildman–Crippen LogP) is 1.87. The van der Waals surface area contributed by atoms with E-state index in [2.05, 4.69) is 39.2 Å². The van der Waals surface area contributed by atoms with Gasteiger partial charge in [0.25, 0.3) is 0 Å². The van der Waals surface area contributed by atoms with Crippen LogP contribution in [0.25, 0.3) is 0 Å². The highest BCUT2D eigenvalue weighted by Crippen LogP contribution is 2.21. The molecule has 1 aliphatic rings. The number of hydrogen-bond donors (Lipinski definition) is 0. The second-order valence-corrected chi connectivity index (χ2v) is 6.38. The molecule has 0 atom stereocenters. The first-order valence-corrected chi connectivity index (χ1v) is 7.84. The van der Waals surface area contributed by atoms with Crippen LogP contribution in [0, 0.1) is 0 Å². The van der Waals surface area contributed by atoms with Gasteiger partial charge in [0.2, 0.25) is 0 Å². The Balaban J connectivity index is 0.00000361. The molecule has 0 radical (unpaired) electrons. The molecule has 0 aromatic heterocycles. The molecule has 0 N–H and O–H groups in total. The molecule has 116 valence electrons. The smallest absolute Gasteiger partial charge is 0.100 e. The van der Waals surface area contributed by atoms with Crippen molar-refractivity contribution in [3.8, 4) is 0 Å². The number of unbranched alkanes of at least 4 members (excludes halogenated alkanes) is 1. The van der Waals surface area contributed by atoms with Gasteiger partial charge in [0.15, 0.2) is 0 Å². The van der Waals surface area contributed by atoms with E-state index >= 15 is 0 Å². The molecule has 0 amide bonds. The number of hydrogen-bond acceptors (Lipinski definition) is 0.